The summed E-state index contributed by atoms with van der Waals surface area (Å²) in [6, 6.07) is 5.72. The van der Waals surface area contributed by atoms with Crippen LogP contribution >= 0.6 is 0 Å². The number of aliphatic carboxylic acids is 1. The smallest absolute Gasteiger partial charge is 0.303 e. The van der Waals surface area contributed by atoms with Crippen molar-refractivity contribution >= 4 is 17.6 Å². The highest BCUT2D eigenvalue weighted by molar-refractivity contribution is 5.90. The average molecular weight is 316 g/mol. The van der Waals surface area contributed by atoms with Gasteiger partial charge in [-0.25, -0.2) is 4.68 Å². The standard InChI is InChI=1S/C16H20N4O3/c1-10-4-5-13(8-11(10)2)17-15(21)9-20-12(3)14(18-19-20)6-7-16(22)23/h4-5,8H,6-7,9H2,1-3H3,(H,17,21)(H,22,23). The molecule has 1 amide bonds. The molecule has 23 heavy (non-hydrogen) atoms. The third-order valence-electron chi connectivity index (χ3n) is 3.74. The first-order chi connectivity index (χ1) is 10.9. The molecule has 0 bridgehead atoms. The highest BCUT2D eigenvalue weighted by atomic mass is 16.4. The van der Waals surface area contributed by atoms with Crippen molar-refractivity contribution in [3.05, 3.63) is 40.7 Å². The first-order valence-electron chi connectivity index (χ1n) is 7.34. The van der Waals surface area contributed by atoms with Gasteiger partial charge in [0.05, 0.1) is 17.8 Å². The zero-order chi connectivity index (χ0) is 17.0. The molecule has 0 unspecified atom stereocenters. The number of anilines is 1. The maximum absolute atomic E-state index is 12.1. The van der Waals surface area contributed by atoms with Gasteiger partial charge in [0.25, 0.3) is 0 Å². The number of hydrogen-bond acceptors (Lipinski definition) is 4. The van der Waals surface area contributed by atoms with Crippen molar-refractivity contribution < 1.29 is 14.7 Å². The van der Waals surface area contributed by atoms with E-state index in [1.165, 1.54) is 4.68 Å². The maximum atomic E-state index is 12.1. The minimum absolute atomic E-state index is 0.00558. The molecule has 0 saturated carbocycles. The van der Waals surface area contributed by atoms with E-state index in [-0.39, 0.29) is 18.9 Å². The summed E-state index contributed by atoms with van der Waals surface area (Å²) in [5.74, 6) is -1.09. The number of aryl methyl sites for hydroxylation is 3. The van der Waals surface area contributed by atoms with Gasteiger partial charge in [-0.2, -0.15) is 0 Å². The van der Waals surface area contributed by atoms with E-state index >= 15 is 0 Å². The molecule has 0 fully saturated rings. The number of nitrogens with zero attached hydrogens (tertiary/aromatic N) is 3. The molecule has 7 heteroatoms. The molecule has 0 spiro atoms. The third kappa shape index (κ3) is 4.38. The monoisotopic (exact) mass is 316 g/mol. The zero-order valence-corrected chi connectivity index (χ0v) is 13.5. The minimum atomic E-state index is -0.883. The topological polar surface area (TPSA) is 97.1 Å². The number of carboxylic acids is 1. The molecule has 2 aromatic rings. The lowest BCUT2D eigenvalue weighted by Crippen LogP contribution is -2.20. The van der Waals surface area contributed by atoms with Crippen molar-refractivity contribution in [1.82, 2.24) is 15.0 Å². The first-order valence-corrected chi connectivity index (χ1v) is 7.34. The molecule has 122 valence electrons. The maximum Gasteiger partial charge on any atom is 0.303 e. The summed E-state index contributed by atoms with van der Waals surface area (Å²) < 4.78 is 1.48. The van der Waals surface area contributed by atoms with Gasteiger partial charge in [0, 0.05) is 12.1 Å². The van der Waals surface area contributed by atoms with Crippen molar-refractivity contribution in [3.8, 4) is 0 Å². The van der Waals surface area contributed by atoms with Gasteiger partial charge in [-0.1, -0.05) is 11.3 Å². The van der Waals surface area contributed by atoms with Crippen LogP contribution in [0.15, 0.2) is 18.2 Å². The highest BCUT2D eigenvalue weighted by Gasteiger charge is 2.13. The third-order valence-corrected chi connectivity index (χ3v) is 3.74. The molecule has 1 aromatic carbocycles. The van der Waals surface area contributed by atoms with E-state index in [9.17, 15) is 9.59 Å². The fourth-order valence-electron chi connectivity index (χ4n) is 2.16. The molecule has 7 nitrogen and oxygen atoms in total. The van der Waals surface area contributed by atoms with Crippen LogP contribution in [0.3, 0.4) is 0 Å². The fraction of sp³-hybridized carbons (Fsp3) is 0.375. The van der Waals surface area contributed by atoms with Crippen molar-refractivity contribution in [1.29, 1.82) is 0 Å². The van der Waals surface area contributed by atoms with Crippen LogP contribution in [0, 0.1) is 20.8 Å². The normalized spacial score (nSPS) is 10.6. The molecule has 0 saturated heterocycles. The van der Waals surface area contributed by atoms with Gasteiger partial charge in [0.2, 0.25) is 5.91 Å². The van der Waals surface area contributed by atoms with E-state index in [4.69, 9.17) is 5.11 Å². The van der Waals surface area contributed by atoms with Crippen molar-refractivity contribution in [2.75, 3.05) is 5.32 Å². The van der Waals surface area contributed by atoms with E-state index < -0.39 is 5.97 Å². The molecule has 2 rings (SSSR count). The van der Waals surface area contributed by atoms with Crippen LogP contribution < -0.4 is 5.32 Å². The summed E-state index contributed by atoms with van der Waals surface area (Å²) in [5, 5.41) is 19.4. The molecular formula is C16H20N4O3. The minimum Gasteiger partial charge on any atom is -0.481 e. The Balaban J connectivity index is 2.00. The lowest BCUT2D eigenvalue weighted by molar-refractivity contribution is -0.137. The Morgan fingerprint density at radius 1 is 1.22 bits per heavy atom. The summed E-state index contributed by atoms with van der Waals surface area (Å²) >= 11 is 0. The van der Waals surface area contributed by atoms with Gasteiger partial charge in [-0.05, 0) is 44.0 Å². The number of hydrogen-bond donors (Lipinski definition) is 2. The van der Waals surface area contributed by atoms with Gasteiger partial charge >= 0.3 is 5.97 Å². The molecule has 0 atom stereocenters. The molecule has 0 aliphatic carbocycles. The van der Waals surface area contributed by atoms with Crippen molar-refractivity contribution in [2.24, 2.45) is 0 Å². The van der Waals surface area contributed by atoms with Gasteiger partial charge in [-0.3, -0.25) is 9.59 Å². The number of aromatic nitrogens is 3. The quantitative estimate of drug-likeness (QED) is 0.848. The number of carboxylic acid groups (broad SMARTS) is 1. The van der Waals surface area contributed by atoms with E-state index in [0.29, 0.717) is 17.8 Å². The van der Waals surface area contributed by atoms with Gasteiger partial charge in [-0.15, -0.1) is 5.10 Å². The predicted octanol–water partition coefficient (Wildman–Crippen LogP) is 1.86. The van der Waals surface area contributed by atoms with E-state index in [1.807, 2.05) is 32.0 Å². The van der Waals surface area contributed by atoms with Crippen molar-refractivity contribution in [2.45, 2.75) is 40.2 Å². The summed E-state index contributed by atoms with van der Waals surface area (Å²) in [7, 11) is 0. The Bertz CT molecular complexity index is 737. The summed E-state index contributed by atoms with van der Waals surface area (Å²) in [5.41, 5.74) is 4.32. The van der Waals surface area contributed by atoms with E-state index in [1.54, 1.807) is 6.92 Å². The second-order valence-electron chi connectivity index (χ2n) is 5.52. The van der Waals surface area contributed by atoms with Crippen molar-refractivity contribution in [3.63, 3.8) is 0 Å². The molecule has 1 heterocycles. The second kappa shape index (κ2) is 7.04. The van der Waals surface area contributed by atoms with Gasteiger partial charge in [0.1, 0.15) is 6.54 Å². The average Bonchev–Trinajstić information content (AvgIpc) is 2.81. The Morgan fingerprint density at radius 3 is 2.61 bits per heavy atom. The Labute approximate surface area is 134 Å². The number of nitrogens with one attached hydrogen (secondary N) is 1. The number of carbonyl (C=O) groups excluding carboxylic acids is 1. The summed E-state index contributed by atoms with van der Waals surface area (Å²) in [6.45, 7) is 5.82. The Hall–Kier alpha value is -2.70. The molecule has 0 aliphatic heterocycles. The number of amides is 1. The molecule has 0 radical (unpaired) electrons. The van der Waals surface area contributed by atoms with Crippen LogP contribution in [-0.2, 0) is 22.6 Å². The van der Waals surface area contributed by atoms with Gasteiger partial charge < -0.3 is 10.4 Å². The molecule has 1 aromatic heterocycles. The fourth-order valence-corrected chi connectivity index (χ4v) is 2.16. The number of benzene rings is 1. The van der Waals surface area contributed by atoms with E-state index in [0.717, 1.165) is 16.8 Å². The van der Waals surface area contributed by atoms with Crippen LogP contribution in [0.1, 0.15) is 28.9 Å². The second-order valence-corrected chi connectivity index (χ2v) is 5.52. The van der Waals surface area contributed by atoms with E-state index in [2.05, 4.69) is 15.6 Å². The molecule has 0 aliphatic rings. The van der Waals surface area contributed by atoms with Crippen LogP contribution in [0.5, 0.6) is 0 Å². The zero-order valence-electron chi connectivity index (χ0n) is 13.5. The molecular weight excluding hydrogens is 296 g/mol. The highest BCUT2D eigenvalue weighted by Crippen LogP contribution is 2.14. The van der Waals surface area contributed by atoms with Crippen LogP contribution in [0.2, 0.25) is 0 Å². The number of rotatable bonds is 6. The van der Waals surface area contributed by atoms with Crippen LogP contribution in [0.25, 0.3) is 0 Å². The lowest BCUT2D eigenvalue weighted by atomic mass is 10.1. The van der Waals surface area contributed by atoms with Crippen LogP contribution in [0.4, 0.5) is 5.69 Å². The summed E-state index contributed by atoms with van der Waals surface area (Å²) in [4.78, 5) is 22.7. The Kier molecular flexibility index (Phi) is 5.10. The van der Waals surface area contributed by atoms with Crippen LogP contribution in [-0.4, -0.2) is 32.0 Å². The molecule has 2 N–H and O–H groups in total. The number of carbonyl (C=O) groups is 2. The first kappa shape index (κ1) is 16.7. The van der Waals surface area contributed by atoms with Gasteiger partial charge in [0.15, 0.2) is 0 Å². The lowest BCUT2D eigenvalue weighted by Gasteiger charge is -2.08. The summed E-state index contributed by atoms with van der Waals surface area (Å²) in [6.07, 6.45) is 0.300. The Morgan fingerprint density at radius 2 is 1.96 bits per heavy atom. The largest absolute Gasteiger partial charge is 0.481 e. The SMILES string of the molecule is Cc1ccc(NC(=O)Cn2nnc(CCC(=O)O)c2C)cc1C. The predicted molar refractivity (Wildman–Crippen MR) is 85.3 cm³/mol.